The highest BCUT2D eigenvalue weighted by Gasteiger charge is 2.27. The predicted molar refractivity (Wildman–Crippen MR) is 138 cm³/mol. The molecule has 2 amide bonds. The molecule has 6 nitrogen and oxygen atoms in total. The molecule has 0 aromatic heterocycles. The van der Waals surface area contributed by atoms with Crippen molar-refractivity contribution >= 4 is 23.2 Å². The van der Waals surface area contributed by atoms with E-state index in [0.717, 1.165) is 56.7 Å². The Morgan fingerprint density at radius 3 is 2.41 bits per heavy atom. The zero-order chi connectivity index (χ0) is 23.9. The minimum Gasteiger partial charge on any atom is -0.378 e. The van der Waals surface area contributed by atoms with Crippen molar-refractivity contribution in [3.63, 3.8) is 0 Å². The van der Waals surface area contributed by atoms with E-state index in [1.54, 1.807) is 0 Å². The Morgan fingerprint density at radius 2 is 1.68 bits per heavy atom. The normalized spacial score (nSPS) is 17.8. The number of anilines is 2. The van der Waals surface area contributed by atoms with Gasteiger partial charge in [0.05, 0.1) is 0 Å². The van der Waals surface area contributed by atoms with Crippen LogP contribution >= 0.6 is 0 Å². The molecule has 0 spiro atoms. The first-order valence-corrected chi connectivity index (χ1v) is 12.7. The first kappa shape index (κ1) is 24.3. The molecule has 2 fully saturated rings. The highest BCUT2D eigenvalue weighted by molar-refractivity contribution is 6.04. The van der Waals surface area contributed by atoms with Gasteiger partial charge in [0, 0.05) is 49.5 Å². The zero-order valence-electron chi connectivity index (χ0n) is 20.6. The van der Waals surface area contributed by atoms with Gasteiger partial charge in [0.2, 0.25) is 5.91 Å². The molecular formula is C28H38N4O2. The first-order valence-electron chi connectivity index (χ1n) is 12.7. The molecule has 1 saturated heterocycles. The van der Waals surface area contributed by atoms with Crippen molar-refractivity contribution in [3.8, 4) is 0 Å². The van der Waals surface area contributed by atoms with Gasteiger partial charge < -0.3 is 15.5 Å². The third-order valence-corrected chi connectivity index (χ3v) is 7.13. The van der Waals surface area contributed by atoms with E-state index in [9.17, 15) is 9.59 Å². The molecule has 2 aliphatic rings. The standard InChI is InChI=1S/C28H38N4O2/c1-31(2)26-13-7-9-23(19-26)28(34)30-25-12-6-8-21(18-25)20-32-16-14-22(15-17-32)27(33)29-24-10-4-3-5-11-24/h6-9,12-13,18-19,22,24H,3-5,10-11,14-17,20H2,1-2H3,(H,29,33)(H,30,34). The lowest BCUT2D eigenvalue weighted by Crippen LogP contribution is -2.44. The molecule has 2 N–H and O–H groups in total. The summed E-state index contributed by atoms with van der Waals surface area (Å²) in [4.78, 5) is 29.8. The SMILES string of the molecule is CN(C)c1cccc(C(=O)Nc2cccc(CN3CCC(C(=O)NC4CCCCC4)CC3)c2)c1. The van der Waals surface area contributed by atoms with Crippen LogP contribution in [-0.4, -0.2) is 49.9 Å². The second kappa shape index (κ2) is 11.5. The molecular weight excluding hydrogens is 424 g/mol. The molecule has 0 bridgehead atoms. The third kappa shape index (κ3) is 6.60. The van der Waals surface area contributed by atoms with Crippen molar-refractivity contribution in [1.29, 1.82) is 0 Å². The monoisotopic (exact) mass is 462 g/mol. The van der Waals surface area contributed by atoms with E-state index in [0.29, 0.717) is 11.6 Å². The van der Waals surface area contributed by atoms with Gasteiger partial charge in [-0.3, -0.25) is 14.5 Å². The third-order valence-electron chi connectivity index (χ3n) is 7.13. The second-order valence-electron chi connectivity index (χ2n) is 9.99. The fourth-order valence-corrected chi connectivity index (χ4v) is 5.05. The highest BCUT2D eigenvalue weighted by Crippen LogP contribution is 2.23. The van der Waals surface area contributed by atoms with Crippen molar-refractivity contribution in [2.24, 2.45) is 5.92 Å². The Labute approximate surface area is 203 Å². The van der Waals surface area contributed by atoms with Gasteiger partial charge in [-0.15, -0.1) is 0 Å². The summed E-state index contributed by atoms with van der Waals surface area (Å²) >= 11 is 0. The quantitative estimate of drug-likeness (QED) is 0.628. The van der Waals surface area contributed by atoms with Crippen LogP contribution < -0.4 is 15.5 Å². The number of carbonyl (C=O) groups excluding carboxylic acids is 2. The molecule has 0 atom stereocenters. The van der Waals surface area contributed by atoms with Crippen LogP contribution in [-0.2, 0) is 11.3 Å². The summed E-state index contributed by atoms with van der Waals surface area (Å²) in [7, 11) is 3.93. The molecule has 182 valence electrons. The second-order valence-corrected chi connectivity index (χ2v) is 9.99. The Hall–Kier alpha value is -2.86. The number of carbonyl (C=O) groups is 2. The van der Waals surface area contributed by atoms with E-state index in [1.807, 2.05) is 55.4 Å². The smallest absolute Gasteiger partial charge is 0.255 e. The molecule has 1 aliphatic heterocycles. The van der Waals surface area contributed by atoms with E-state index in [2.05, 4.69) is 27.7 Å². The average molecular weight is 463 g/mol. The highest BCUT2D eigenvalue weighted by atomic mass is 16.2. The average Bonchev–Trinajstić information content (AvgIpc) is 2.85. The van der Waals surface area contributed by atoms with Crippen LogP contribution in [0.2, 0.25) is 0 Å². The summed E-state index contributed by atoms with van der Waals surface area (Å²) < 4.78 is 0. The van der Waals surface area contributed by atoms with Gasteiger partial charge in [0.15, 0.2) is 0 Å². The van der Waals surface area contributed by atoms with Gasteiger partial charge in [0.25, 0.3) is 5.91 Å². The molecule has 2 aromatic carbocycles. The summed E-state index contributed by atoms with van der Waals surface area (Å²) in [6, 6.07) is 16.1. The summed E-state index contributed by atoms with van der Waals surface area (Å²) in [6.07, 6.45) is 7.89. The van der Waals surface area contributed by atoms with Crippen LogP contribution in [0.15, 0.2) is 48.5 Å². The van der Waals surface area contributed by atoms with Crippen molar-refractivity contribution in [2.45, 2.75) is 57.5 Å². The molecule has 4 rings (SSSR count). The van der Waals surface area contributed by atoms with E-state index in [-0.39, 0.29) is 17.7 Å². The molecule has 1 aliphatic carbocycles. The minimum absolute atomic E-state index is 0.106. The lowest BCUT2D eigenvalue weighted by atomic mass is 9.92. The maximum Gasteiger partial charge on any atom is 0.255 e. The number of nitrogens with zero attached hydrogens (tertiary/aromatic N) is 2. The topological polar surface area (TPSA) is 64.7 Å². The van der Waals surface area contributed by atoms with Gasteiger partial charge in [-0.25, -0.2) is 0 Å². The summed E-state index contributed by atoms with van der Waals surface area (Å²) in [6.45, 7) is 2.68. The molecule has 2 aromatic rings. The van der Waals surface area contributed by atoms with E-state index >= 15 is 0 Å². The van der Waals surface area contributed by atoms with Crippen LogP contribution in [0.25, 0.3) is 0 Å². The Balaban J connectivity index is 1.27. The number of amides is 2. The Bertz CT molecular complexity index is 976. The molecule has 34 heavy (non-hydrogen) atoms. The fraction of sp³-hybridized carbons (Fsp3) is 0.500. The van der Waals surface area contributed by atoms with E-state index in [4.69, 9.17) is 0 Å². The fourth-order valence-electron chi connectivity index (χ4n) is 5.05. The van der Waals surface area contributed by atoms with Gasteiger partial charge >= 0.3 is 0 Å². The first-order chi connectivity index (χ1) is 16.5. The van der Waals surface area contributed by atoms with Gasteiger partial charge in [-0.05, 0) is 74.7 Å². The van der Waals surface area contributed by atoms with Crippen LogP contribution in [0.5, 0.6) is 0 Å². The van der Waals surface area contributed by atoms with E-state index < -0.39 is 0 Å². The summed E-state index contributed by atoms with van der Waals surface area (Å²) in [5, 5.41) is 6.34. The Kier molecular flexibility index (Phi) is 8.22. The van der Waals surface area contributed by atoms with Crippen molar-refractivity contribution < 1.29 is 9.59 Å². The summed E-state index contributed by atoms with van der Waals surface area (Å²) in [5.74, 6) is 0.293. The molecule has 1 heterocycles. The van der Waals surface area contributed by atoms with Gasteiger partial charge in [-0.1, -0.05) is 37.5 Å². The van der Waals surface area contributed by atoms with Crippen LogP contribution in [0, 0.1) is 5.92 Å². The number of piperidine rings is 1. The van der Waals surface area contributed by atoms with Crippen LogP contribution in [0.4, 0.5) is 11.4 Å². The van der Waals surface area contributed by atoms with Crippen molar-refractivity contribution in [1.82, 2.24) is 10.2 Å². The predicted octanol–water partition coefficient (Wildman–Crippen LogP) is 4.67. The lowest BCUT2D eigenvalue weighted by molar-refractivity contribution is -0.127. The van der Waals surface area contributed by atoms with Crippen molar-refractivity contribution in [3.05, 3.63) is 59.7 Å². The number of nitrogens with one attached hydrogen (secondary N) is 2. The minimum atomic E-state index is -0.106. The maximum absolute atomic E-state index is 12.8. The number of likely N-dealkylation sites (tertiary alicyclic amines) is 1. The number of hydrogen-bond donors (Lipinski definition) is 2. The van der Waals surface area contributed by atoms with Crippen molar-refractivity contribution in [2.75, 3.05) is 37.4 Å². The molecule has 6 heteroatoms. The van der Waals surface area contributed by atoms with Crippen LogP contribution in [0.3, 0.4) is 0 Å². The molecule has 0 radical (unpaired) electrons. The lowest BCUT2D eigenvalue weighted by Gasteiger charge is -2.32. The molecule has 1 saturated carbocycles. The Morgan fingerprint density at radius 1 is 0.941 bits per heavy atom. The largest absolute Gasteiger partial charge is 0.378 e. The number of rotatable bonds is 7. The summed E-state index contributed by atoms with van der Waals surface area (Å²) in [5.41, 5.74) is 3.62. The van der Waals surface area contributed by atoms with E-state index in [1.165, 1.54) is 24.8 Å². The van der Waals surface area contributed by atoms with Gasteiger partial charge in [0.1, 0.15) is 0 Å². The number of benzene rings is 2. The molecule has 0 unspecified atom stereocenters. The maximum atomic E-state index is 12.8. The van der Waals surface area contributed by atoms with Gasteiger partial charge in [-0.2, -0.15) is 0 Å². The zero-order valence-corrected chi connectivity index (χ0v) is 20.6. The number of hydrogen-bond acceptors (Lipinski definition) is 4. The van der Waals surface area contributed by atoms with Crippen LogP contribution in [0.1, 0.15) is 60.9 Å².